The Hall–Kier alpha value is -3.07. The maximum absolute atomic E-state index is 13.1. The summed E-state index contributed by atoms with van der Waals surface area (Å²) in [6, 6.07) is 10.0. The molecule has 0 spiro atoms. The molecule has 0 radical (unpaired) electrons. The number of nitrogens with one attached hydrogen (secondary N) is 3. The Morgan fingerprint density at radius 2 is 1.94 bits per heavy atom. The topological polar surface area (TPSA) is 122 Å². The van der Waals surface area contributed by atoms with Gasteiger partial charge in [-0.2, -0.15) is 0 Å². The van der Waals surface area contributed by atoms with E-state index in [0.29, 0.717) is 27.1 Å². The zero-order valence-electron chi connectivity index (χ0n) is 20.0. The van der Waals surface area contributed by atoms with Gasteiger partial charge in [-0.25, -0.2) is 4.98 Å². The monoisotopic (exact) mass is 517 g/mol. The van der Waals surface area contributed by atoms with Gasteiger partial charge in [0.2, 0.25) is 0 Å². The van der Waals surface area contributed by atoms with Crippen LogP contribution in [0.25, 0.3) is 11.1 Å². The number of rotatable bonds is 9. The lowest BCUT2D eigenvalue weighted by molar-refractivity contribution is -0.149. The average molecular weight is 518 g/mol. The fourth-order valence-corrected chi connectivity index (χ4v) is 3.65. The second-order valence-electron chi connectivity index (χ2n) is 9.05. The first-order valence-corrected chi connectivity index (χ1v) is 11.8. The number of benzene rings is 1. The zero-order chi connectivity index (χ0) is 25.8. The molecule has 2 heterocycles. The van der Waals surface area contributed by atoms with E-state index in [4.69, 9.17) is 33.7 Å². The van der Waals surface area contributed by atoms with Crippen molar-refractivity contribution >= 4 is 40.9 Å². The normalized spacial score (nSPS) is 12.3. The van der Waals surface area contributed by atoms with Crippen molar-refractivity contribution in [3.63, 3.8) is 0 Å². The number of anilines is 1. The van der Waals surface area contributed by atoms with Gasteiger partial charge in [-0.1, -0.05) is 35.3 Å². The first-order chi connectivity index (χ1) is 16.4. The number of pyridine rings is 1. The van der Waals surface area contributed by atoms with Crippen LogP contribution in [0.1, 0.15) is 49.8 Å². The second-order valence-corrected chi connectivity index (χ2v) is 9.90. The first kappa shape index (κ1) is 26.5. The Kier molecular flexibility index (Phi) is 8.43. The van der Waals surface area contributed by atoms with E-state index in [2.05, 4.69) is 20.6 Å². The van der Waals surface area contributed by atoms with E-state index < -0.39 is 23.5 Å². The summed E-state index contributed by atoms with van der Waals surface area (Å²) in [7, 11) is 0. The Morgan fingerprint density at radius 1 is 1.20 bits per heavy atom. The van der Waals surface area contributed by atoms with Gasteiger partial charge >= 0.3 is 5.97 Å². The fraction of sp³-hybridized carbons (Fsp3) is 0.320. The minimum Gasteiger partial charge on any atom is -0.462 e. The van der Waals surface area contributed by atoms with Crippen LogP contribution in [0.5, 0.6) is 0 Å². The molecule has 10 heteroatoms. The molecule has 1 atom stereocenters. The number of aromatic amines is 1. The lowest BCUT2D eigenvalue weighted by Crippen LogP contribution is -2.44. The summed E-state index contributed by atoms with van der Waals surface area (Å²) in [6.07, 6.45) is 3.26. The molecule has 5 N–H and O–H groups in total. The Balaban J connectivity index is 1.81. The van der Waals surface area contributed by atoms with Gasteiger partial charge in [0.15, 0.2) is 0 Å². The van der Waals surface area contributed by atoms with Crippen molar-refractivity contribution in [2.45, 2.75) is 45.3 Å². The molecular formula is C25H29Cl2N5O3. The summed E-state index contributed by atoms with van der Waals surface area (Å²) >= 11 is 12.5. The molecule has 0 aliphatic rings. The first-order valence-electron chi connectivity index (χ1n) is 11.1. The standard InChI is InChI=1S/C25H29Cl2N5O3/c1-14(2)31-22-10-18(19(27)12-30-22)16-9-20(29-11-16)23(33)32-21(13-35-24(34)25(3,4)28)15-6-5-7-17(26)8-15/h5-12,14,21,29H,13,28H2,1-4H3,(H,30,31)(H,32,33). The lowest BCUT2D eigenvalue weighted by atomic mass is 10.1. The molecule has 186 valence electrons. The van der Waals surface area contributed by atoms with Crippen molar-refractivity contribution in [2.24, 2.45) is 5.73 Å². The predicted octanol–water partition coefficient (Wildman–Crippen LogP) is 4.96. The number of amides is 1. The van der Waals surface area contributed by atoms with E-state index in [-0.39, 0.29) is 12.6 Å². The third kappa shape index (κ3) is 7.21. The van der Waals surface area contributed by atoms with Crippen molar-refractivity contribution in [1.82, 2.24) is 15.3 Å². The molecule has 0 bridgehead atoms. The lowest BCUT2D eigenvalue weighted by Gasteiger charge is -2.22. The average Bonchev–Trinajstić information content (AvgIpc) is 3.26. The van der Waals surface area contributed by atoms with E-state index in [1.807, 2.05) is 19.9 Å². The molecule has 3 rings (SSSR count). The largest absolute Gasteiger partial charge is 0.462 e. The van der Waals surface area contributed by atoms with Crippen molar-refractivity contribution < 1.29 is 14.3 Å². The number of esters is 1. The van der Waals surface area contributed by atoms with Gasteiger partial charge < -0.3 is 26.1 Å². The fourth-order valence-electron chi connectivity index (χ4n) is 3.24. The van der Waals surface area contributed by atoms with Gasteiger partial charge in [0.05, 0.1) is 11.1 Å². The van der Waals surface area contributed by atoms with Gasteiger partial charge in [0.25, 0.3) is 5.91 Å². The third-order valence-electron chi connectivity index (χ3n) is 4.99. The van der Waals surface area contributed by atoms with Gasteiger partial charge in [-0.05, 0) is 57.5 Å². The minimum absolute atomic E-state index is 0.112. The summed E-state index contributed by atoms with van der Waals surface area (Å²) in [6.45, 7) is 7.01. The SMILES string of the molecule is CC(C)Nc1cc(-c2c[nH]c(C(=O)NC(COC(=O)C(C)(C)N)c3cccc(Cl)c3)c2)c(Cl)cn1. The van der Waals surface area contributed by atoms with Crippen LogP contribution in [0.4, 0.5) is 5.82 Å². The molecule has 0 fully saturated rings. The van der Waals surface area contributed by atoms with Crippen LogP contribution < -0.4 is 16.4 Å². The second kappa shape index (κ2) is 11.1. The highest BCUT2D eigenvalue weighted by Crippen LogP contribution is 2.30. The van der Waals surface area contributed by atoms with Crippen molar-refractivity contribution in [1.29, 1.82) is 0 Å². The maximum atomic E-state index is 13.1. The molecule has 0 saturated heterocycles. The number of carbonyl (C=O) groups excluding carboxylic acids is 2. The number of ether oxygens (including phenoxy) is 1. The summed E-state index contributed by atoms with van der Waals surface area (Å²) in [4.78, 5) is 32.6. The zero-order valence-corrected chi connectivity index (χ0v) is 21.5. The molecule has 3 aromatic rings. The summed E-state index contributed by atoms with van der Waals surface area (Å²) in [5.41, 5.74) is 7.10. The summed E-state index contributed by atoms with van der Waals surface area (Å²) in [5, 5.41) is 7.08. The van der Waals surface area contributed by atoms with Crippen molar-refractivity contribution in [3.8, 4) is 11.1 Å². The maximum Gasteiger partial charge on any atom is 0.325 e. The molecule has 0 aliphatic heterocycles. The van der Waals surface area contributed by atoms with Crippen LogP contribution in [0, 0.1) is 0 Å². The summed E-state index contributed by atoms with van der Waals surface area (Å²) < 4.78 is 5.37. The van der Waals surface area contributed by atoms with Gasteiger partial charge in [-0.3, -0.25) is 9.59 Å². The van der Waals surface area contributed by atoms with Gasteiger partial charge in [0.1, 0.15) is 23.7 Å². The highest BCUT2D eigenvalue weighted by Gasteiger charge is 2.26. The molecule has 2 aromatic heterocycles. The molecule has 1 amide bonds. The quantitative estimate of drug-likeness (QED) is 0.297. The number of nitrogens with zero attached hydrogens (tertiary/aromatic N) is 1. The van der Waals surface area contributed by atoms with Crippen LogP contribution in [-0.2, 0) is 9.53 Å². The smallest absolute Gasteiger partial charge is 0.325 e. The Bertz CT molecular complexity index is 1200. The number of hydrogen-bond acceptors (Lipinski definition) is 6. The number of hydrogen-bond donors (Lipinski definition) is 4. The van der Waals surface area contributed by atoms with Crippen LogP contribution in [0.3, 0.4) is 0 Å². The minimum atomic E-state index is -1.16. The predicted molar refractivity (Wildman–Crippen MR) is 139 cm³/mol. The van der Waals surface area contributed by atoms with E-state index in [1.54, 1.807) is 56.6 Å². The molecule has 0 saturated carbocycles. The van der Waals surface area contributed by atoms with Crippen LogP contribution in [0.15, 0.2) is 48.8 Å². The number of halogens is 2. The van der Waals surface area contributed by atoms with Gasteiger partial charge in [-0.15, -0.1) is 0 Å². The molecule has 35 heavy (non-hydrogen) atoms. The van der Waals surface area contributed by atoms with Crippen molar-refractivity contribution in [3.05, 3.63) is 70.1 Å². The van der Waals surface area contributed by atoms with E-state index in [9.17, 15) is 9.59 Å². The Labute approximate surface area is 214 Å². The molecule has 1 aromatic carbocycles. The van der Waals surface area contributed by atoms with E-state index in [0.717, 1.165) is 11.1 Å². The van der Waals surface area contributed by atoms with E-state index in [1.165, 1.54) is 0 Å². The van der Waals surface area contributed by atoms with Crippen LogP contribution >= 0.6 is 23.2 Å². The summed E-state index contributed by atoms with van der Waals surface area (Å²) in [5.74, 6) is -0.300. The van der Waals surface area contributed by atoms with Crippen molar-refractivity contribution in [2.75, 3.05) is 11.9 Å². The third-order valence-corrected chi connectivity index (χ3v) is 5.53. The number of carbonyl (C=O) groups is 2. The molecule has 8 nitrogen and oxygen atoms in total. The number of aromatic nitrogens is 2. The number of H-pyrrole nitrogens is 1. The van der Waals surface area contributed by atoms with Crippen LogP contribution in [0.2, 0.25) is 10.0 Å². The Morgan fingerprint density at radius 3 is 2.60 bits per heavy atom. The van der Waals surface area contributed by atoms with Crippen LogP contribution in [-0.4, -0.2) is 40.0 Å². The van der Waals surface area contributed by atoms with E-state index >= 15 is 0 Å². The number of nitrogens with two attached hydrogens (primary N) is 1. The van der Waals surface area contributed by atoms with Gasteiger partial charge in [0, 0.05) is 34.6 Å². The molecular weight excluding hydrogens is 489 g/mol. The molecule has 1 unspecified atom stereocenters. The highest BCUT2D eigenvalue weighted by molar-refractivity contribution is 6.33. The highest BCUT2D eigenvalue weighted by atomic mass is 35.5. The molecule has 0 aliphatic carbocycles.